The van der Waals surface area contributed by atoms with Crippen molar-refractivity contribution in [2.75, 3.05) is 20.2 Å². The number of ether oxygens (including phenoxy) is 1. The van der Waals surface area contributed by atoms with Crippen molar-refractivity contribution in [2.24, 2.45) is 5.92 Å². The molecule has 0 amide bonds. The van der Waals surface area contributed by atoms with Crippen LogP contribution in [0, 0.1) is 5.92 Å². The van der Waals surface area contributed by atoms with Gasteiger partial charge in [-0.2, -0.15) is 0 Å². The van der Waals surface area contributed by atoms with Gasteiger partial charge in [-0.3, -0.25) is 0 Å². The highest BCUT2D eigenvalue weighted by Gasteiger charge is 2.22. The second-order valence-corrected chi connectivity index (χ2v) is 5.37. The zero-order valence-electron chi connectivity index (χ0n) is 9.95. The molecule has 0 spiro atoms. The second kappa shape index (κ2) is 5.85. The number of benzene rings is 1. The summed E-state index contributed by atoms with van der Waals surface area (Å²) in [4.78, 5) is 0. The molecule has 2 rings (SSSR count). The third-order valence-corrected chi connectivity index (χ3v) is 3.53. The lowest BCUT2D eigenvalue weighted by Gasteiger charge is -2.13. The summed E-state index contributed by atoms with van der Waals surface area (Å²) in [6.07, 6.45) is 2.10. The second-order valence-electron chi connectivity index (χ2n) is 4.52. The van der Waals surface area contributed by atoms with Crippen molar-refractivity contribution < 1.29 is 9.84 Å². The highest BCUT2D eigenvalue weighted by molar-refractivity contribution is 9.10. The first-order valence-electron chi connectivity index (χ1n) is 5.95. The zero-order valence-corrected chi connectivity index (χ0v) is 11.5. The molecule has 94 valence electrons. The molecule has 0 heterocycles. The standard InChI is InChI=1S/C13H18BrNO2/c1-15-7-12(16)10-4-5-13(11(14)6-10)17-8-9-2-3-9/h4-6,9,12,15-16H,2-3,7-8H2,1H3. The maximum Gasteiger partial charge on any atom is 0.133 e. The molecule has 2 N–H and O–H groups in total. The number of hydrogen-bond acceptors (Lipinski definition) is 3. The van der Waals surface area contributed by atoms with Gasteiger partial charge in [-0.25, -0.2) is 0 Å². The van der Waals surface area contributed by atoms with E-state index in [1.807, 2.05) is 25.2 Å². The Morgan fingerprint density at radius 1 is 1.53 bits per heavy atom. The first kappa shape index (κ1) is 12.9. The van der Waals surface area contributed by atoms with Crippen LogP contribution >= 0.6 is 15.9 Å². The summed E-state index contributed by atoms with van der Waals surface area (Å²) < 4.78 is 6.62. The summed E-state index contributed by atoms with van der Waals surface area (Å²) in [5, 5.41) is 12.8. The van der Waals surface area contributed by atoms with Crippen LogP contribution in [0.1, 0.15) is 24.5 Å². The van der Waals surface area contributed by atoms with Gasteiger partial charge in [-0.1, -0.05) is 6.07 Å². The van der Waals surface area contributed by atoms with E-state index in [0.717, 1.165) is 28.3 Å². The molecule has 1 aromatic carbocycles. The largest absolute Gasteiger partial charge is 0.492 e. The minimum atomic E-state index is -0.478. The van der Waals surface area contributed by atoms with E-state index in [4.69, 9.17) is 4.74 Å². The van der Waals surface area contributed by atoms with Gasteiger partial charge in [0.1, 0.15) is 5.75 Å². The molecule has 1 atom stereocenters. The van der Waals surface area contributed by atoms with Crippen molar-refractivity contribution in [2.45, 2.75) is 18.9 Å². The third-order valence-electron chi connectivity index (χ3n) is 2.91. The molecule has 1 saturated carbocycles. The highest BCUT2D eigenvalue weighted by atomic mass is 79.9. The fourth-order valence-electron chi connectivity index (χ4n) is 1.64. The van der Waals surface area contributed by atoms with Crippen LogP contribution in [0.25, 0.3) is 0 Å². The van der Waals surface area contributed by atoms with Crippen molar-refractivity contribution in [3.8, 4) is 5.75 Å². The number of hydrogen-bond donors (Lipinski definition) is 2. The van der Waals surface area contributed by atoms with Crippen molar-refractivity contribution in [3.63, 3.8) is 0 Å². The van der Waals surface area contributed by atoms with Gasteiger partial charge >= 0.3 is 0 Å². The first-order valence-corrected chi connectivity index (χ1v) is 6.75. The topological polar surface area (TPSA) is 41.5 Å². The van der Waals surface area contributed by atoms with Gasteiger partial charge in [0.2, 0.25) is 0 Å². The van der Waals surface area contributed by atoms with Gasteiger partial charge in [0.25, 0.3) is 0 Å². The van der Waals surface area contributed by atoms with Crippen molar-refractivity contribution in [1.29, 1.82) is 0 Å². The summed E-state index contributed by atoms with van der Waals surface area (Å²) >= 11 is 3.48. The van der Waals surface area contributed by atoms with Crippen molar-refractivity contribution >= 4 is 15.9 Å². The molecule has 1 aromatic rings. The van der Waals surface area contributed by atoms with Crippen LogP contribution in [0.5, 0.6) is 5.75 Å². The molecule has 0 bridgehead atoms. The lowest BCUT2D eigenvalue weighted by atomic mass is 10.1. The number of nitrogens with one attached hydrogen (secondary N) is 1. The summed E-state index contributed by atoms with van der Waals surface area (Å²) in [5.41, 5.74) is 0.894. The average molecular weight is 300 g/mol. The SMILES string of the molecule is CNCC(O)c1ccc(OCC2CC2)c(Br)c1. The Hall–Kier alpha value is -0.580. The minimum absolute atomic E-state index is 0.478. The van der Waals surface area contributed by atoms with Crippen molar-refractivity contribution in [1.82, 2.24) is 5.32 Å². The van der Waals surface area contributed by atoms with Gasteiger partial charge in [0.05, 0.1) is 17.2 Å². The Morgan fingerprint density at radius 3 is 2.88 bits per heavy atom. The lowest BCUT2D eigenvalue weighted by Crippen LogP contribution is -2.16. The summed E-state index contributed by atoms with van der Waals surface area (Å²) in [7, 11) is 1.82. The Labute approximate surface area is 110 Å². The van der Waals surface area contributed by atoms with Gasteiger partial charge in [0.15, 0.2) is 0 Å². The predicted octanol–water partition coefficient (Wildman–Crippen LogP) is 2.49. The van der Waals surface area contributed by atoms with Crippen LogP contribution in [-0.4, -0.2) is 25.3 Å². The Morgan fingerprint density at radius 2 is 2.29 bits per heavy atom. The molecular weight excluding hydrogens is 282 g/mol. The quantitative estimate of drug-likeness (QED) is 0.848. The first-order chi connectivity index (χ1) is 8.20. The van der Waals surface area contributed by atoms with Crippen LogP contribution in [0.4, 0.5) is 0 Å². The molecule has 3 nitrogen and oxygen atoms in total. The molecule has 1 aliphatic carbocycles. The Kier molecular flexibility index (Phi) is 4.42. The molecule has 0 aromatic heterocycles. The fourth-order valence-corrected chi connectivity index (χ4v) is 2.16. The summed E-state index contributed by atoms with van der Waals surface area (Å²) in [5.74, 6) is 1.61. The number of likely N-dealkylation sites (N-methyl/N-ethyl adjacent to an activating group) is 1. The van der Waals surface area contributed by atoms with E-state index in [1.54, 1.807) is 0 Å². The van der Waals surface area contributed by atoms with E-state index in [0.29, 0.717) is 6.54 Å². The van der Waals surface area contributed by atoms with Crippen LogP contribution < -0.4 is 10.1 Å². The minimum Gasteiger partial charge on any atom is -0.492 e. The van der Waals surface area contributed by atoms with Crippen LogP contribution in [0.15, 0.2) is 22.7 Å². The van der Waals surface area contributed by atoms with Crippen LogP contribution in [0.2, 0.25) is 0 Å². The summed E-state index contributed by atoms with van der Waals surface area (Å²) in [6, 6.07) is 5.75. The van der Waals surface area contributed by atoms with Gasteiger partial charge in [0, 0.05) is 6.54 Å². The maximum absolute atomic E-state index is 9.84. The molecule has 1 fully saturated rings. The van der Waals surface area contributed by atoms with Crippen molar-refractivity contribution in [3.05, 3.63) is 28.2 Å². The Bertz CT molecular complexity index is 380. The number of rotatable bonds is 6. The number of aliphatic hydroxyl groups is 1. The van der Waals surface area contributed by atoms with Gasteiger partial charge in [-0.15, -0.1) is 0 Å². The third kappa shape index (κ3) is 3.69. The van der Waals surface area contributed by atoms with E-state index in [1.165, 1.54) is 12.8 Å². The van der Waals surface area contributed by atoms with E-state index in [9.17, 15) is 5.11 Å². The smallest absolute Gasteiger partial charge is 0.133 e. The molecule has 17 heavy (non-hydrogen) atoms. The summed E-state index contributed by atoms with van der Waals surface area (Å²) in [6.45, 7) is 1.35. The van der Waals surface area contributed by atoms with Crippen LogP contribution in [0.3, 0.4) is 0 Å². The lowest BCUT2D eigenvalue weighted by molar-refractivity contribution is 0.177. The number of halogens is 1. The van der Waals surface area contributed by atoms with Crippen LogP contribution in [-0.2, 0) is 0 Å². The molecule has 1 aliphatic rings. The monoisotopic (exact) mass is 299 g/mol. The molecule has 0 radical (unpaired) electrons. The molecule has 0 saturated heterocycles. The molecule has 4 heteroatoms. The molecule has 0 aliphatic heterocycles. The van der Waals surface area contributed by atoms with E-state index in [-0.39, 0.29) is 0 Å². The maximum atomic E-state index is 9.84. The highest BCUT2D eigenvalue weighted by Crippen LogP contribution is 2.32. The van der Waals surface area contributed by atoms with E-state index >= 15 is 0 Å². The number of aliphatic hydroxyl groups excluding tert-OH is 1. The van der Waals surface area contributed by atoms with E-state index in [2.05, 4.69) is 21.2 Å². The average Bonchev–Trinajstić information content (AvgIpc) is 3.11. The molecular formula is C13H18BrNO2. The normalized spacial score (nSPS) is 16.9. The van der Waals surface area contributed by atoms with E-state index < -0.39 is 6.10 Å². The predicted molar refractivity (Wildman–Crippen MR) is 71.2 cm³/mol. The van der Waals surface area contributed by atoms with Gasteiger partial charge in [-0.05, 0) is 59.4 Å². The Balaban J connectivity index is 1.99. The van der Waals surface area contributed by atoms with Gasteiger partial charge < -0.3 is 15.2 Å². The molecule has 1 unspecified atom stereocenters. The zero-order chi connectivity index (χ0) is 12.3. The fraction of sp³-hybridized carbons (Fsp3) is 0.538.